The minimum absolute atomic E-state index is 0.184. The second kappa shape index (κ2) is 8.80. The van der Waals surface area contributed by atoms with E-state index in [2.05, 4.69) is 20.9 Å². The van der Waals surface area contributed by atoms with Crippen LogP contribution in [0, 0.1) is 6.92 Å². The Morgan fingerprint density at radius 1 is 1.12 bits per heavy atom. The topological polar surface area (TPSA) is 100 Å². The van der Waals surface area contributed by atoms with Crippen molar-refractivity contribution in [3.8, 4) is 0 Å². The number of nitrogens with one attached hydrogen (secondary N) is 3. The van der Waals surface area contributed by atoms with Crippen LogP contribution in [0.5, 0.6) is 0 Å². The Hall–Kier alpha value is -2.16. The molecule has 0 radical (unpaired) electrons. The van der Waals surface area contributed by atoms with Gasteiger partial charge in [-0.15, -0.1) is 11.3 Å². The van der Waals surface area contributed by atoms with Crippen LogP contribution in [-0.2, 0) is 9.59 Å². The number of carbonyl (C=O) groups excluding carboxylic acids is 3. The number of thiazole rings is 1. The highest BCUT2D eigenvalue weighted by Crippen LogP contribution is 2.20. The van der Waals surface area contributed by atoms with Crippen molar-refractivity contribution in [3.63, 3.8) is 0 Å². The highest BCUT2D eigenvalue weighted by molar-refractivity contribution is 7.13. The molecule has 0 atom stereocenters. The maximum Gasteiger partial charge on any atom is 0.253 e. The Labute approximate surface area is 157 Å². The molecule has 1 aromatic heterocycles. The summed E-state index contributed by atoms with van der Waals surface area (Å²) in [5.74, 6) is -1.43. The Kier molecular flexibility index (Phi) is 6.74. The van der Waals surface area contributed by atoms with Gasteiger partial charge in [0.15, 0.2) is 5.13 Å². The summed E-state index contributed by atoms with van der Waals surface area (Å²) in [4.78, 5) is 39.4. The number of halogens is 2. The molecule has 0 aliphatic heterocycles. The number of nitrogens with zero attached hydrogens (tertiary/aromatic N) is 1. The van der Waals surface area contributed by atoms with Crippen LogP contribution < -0.4 is 16.0 Å². The first-order chi connectivity index (χ1) is 11.8. The van der Waals surface area contributed by atoms with Gasteiger partial charge in [-0.1, -0.05) is 23.2 Å². The molecular formula is C15H14Cl2N4O3S. The van der Waals surface area contributed by atoms with Gasteiger partial charge in [0.05, 0.1) is 29.4 Å². The number of carbonyl (C=O) groups is 3. The number of benzene rings is 1. The maximum absolute atomic E-state index is 12.0. The molecule has 0 bridgehead atoms. The number of hydrogen-bond donors (Lipinski definition) is 3. The molecule has 3 N–H and O–H groups in total. The predicted molar refractivity (Wildman–Crippen MR) is 97.3 cm³/mol. The van der Waals surface area contributed by atoms with Gasteiger partial charge in [0.1, 0.15) is 0 Å². The highest BCUT2D eigenvalue weighted by Gasteiger charge is 2.13. The molecule has 0 saturated heterocycles. The standard InChI is InChI=1S/C15H14Cl2N4O3S/c1-8-7-25-15(20-8)21-13(23)6-18-12(22)5-19-14(24)10-3-2-9(16)4-11(10)17/h2-4,7H,5-6H2,1H3,(H,18,22)(H,19,24)(H,20,21,23). The predicted octanol–water partition coefficient (Wildman–Crippen LogP) is 2.24. The second-order valence-corrected chi connectivity index (χ2v) is 6.63. The van der Waals surface area contributed by atoms with Crippen LogP contribution in [0.4, 0.5) is 5.13 Å². The first-order valence-electron chi connectivity index (χ1n) is 7.07. The van der Waals surface area contributed by atoms with E-state index in [1.807, 2.05) is 6.92 Å². The van der Waals surface area contributed by atoms with Gasteiger partial charge in [-0.3, -0.25) is 14.4 Å². The fourth-order valence-electron chi connectivity index (χ4n) is 1.75. The molecule has 2 rings (SSSR count). The lowest BCUT2D eigenvalue weighted by Gasteiger charge is -2.08. The molecule has 0 aliphatic carbocycles. The Bertz CT molecular complexity index is 810. The Morgan fingerprint density at radius 2 is 1.84 bits per heavy atom. The third-order valence-electron chi connectivity index (χ3n) is 2.90. The summed E-state index contributed by atoms with van der Waals surface area (Å²) in [7, 11) is 0. The summed E-state index contributed by atoms with van der Waals surface area (Å²) in [6.45, 7) is 1.29. The molecule has 2 aromatic rings. The number of aryl methyl sites for hydroxylation is 1. The van der Waals surface area contributed by atoms with Crippen molar-refractivity contribution in [1.29, 1.82) is 0 Å². The highest BCUT2D eigenvalue weighted by atomic mass is 35.5. The summed E-state index contributed by atoms with van der Waals surface area (Å²) < 4.78 is 0. The smallest absolute Gasteiger partial charge is 0.253 e. The molecule has 0 saturated carbocycles. The number of anilines is 1. The van der Waals surface area contributed by atoms with E-state index < -0.39 is 17.7 Å². The quantitative estimate of drug-likeness (QED) is 0.691. The lowest BCUT2D eigenvalue weighted by Crippen LogP contribution is -2.40. The van der Waals surface area contributed by atoms with Crippen molar-refractivity contribution in [2.45, 2.75) is 6.92 Å². The summed E-state index contributed by atoms with van der Waals surface area (Å²) in [6, 6.07) is 4.41. The summed E-state index contributed by atoms with van der Waals surface area (Å²) in [5.41, 5.74) is 1.00. The molecule has 0 fully saturated rings. The second-order valence-electron chi connectivity index (χ2n) is 4.93. The number of amides is 3. The van der Waals surface area contributed by atoms with Crippen LogP contribution >= 0.6 is 34.5 Å². The average Bonchev–Trinajstić information content (AvgIpc) is 2.95. The monoisotopic (exact) mass is 400 g/mol. The molecule has 10 heteroatoms. The van der Waals surface area contributed by atoms with Crippen molar-refractivity contribution < 1.29 is 14.4 Å². The molecule has 3 amide bonds. The van der Waals surface area contributed by atoms with Crippen molar-refractivity contribution in [1.82, 2.24) is 15.6 Å². The van der Waals surface area contributed by atoms with Crippen molar-refractivity contribution >= 4 is 57.4 Å². The summed E-state index contributed by atoms with van der Waals surface area (Å²) in [5, 5.41) is 10.2. The number of rotatable bonds is 6. The van der Waals surface area contributed by atoms with Gasteiger partial charge in [-0.2, -0.15) is 0 Å². The maximum atomic E-state index is 12.0. The molecule has 0 aliphatic rings. The molecule has 25 heavy (non-hydrogen) atoms. The average molecular weight is 401 g/mol. The lowest BCUT2D eigenvalue weighted by molar-refractivity contribution is -0.123. The fourth-order valence-corrected chi connectivity index (χ4v) is 2.94. The normalized spacial score (nSPS) is 10.2. The minimum Gasteiger partial charge on any atom is -0.345 e. The zero-order chi connectivity index (χ0) is 18.4. The summed E-state index contributed by atoms with van der Waals surface area (Å²) in [6.07, 6.45) is 0. The zero-order valence-electron chi connectivity index (χ0n) is 13.1. The third-order valence-corrected chi connectivity index (χ3v) is 4.32. The van der Waals surface area contributed by atoms with E-state index in [1.54, 1.807) is 5.38 Å². The number of aromatic nitrogens is 1. The molecule has 0 unspecified atom stereocenters. The van der Waals surface area contributed by atoms with Crippen LogP contribution in [0.25, 0.3) is 0 Å². The van der Waals surface area contributed by atoms with Crippen LogP contribution in [0.15, 0.2) is 23.6 Å². The fraction of sp³-hybridized carbons (Fsp3) is 0.200. The van der Waals surface area contributed by atoms with E-state index in [9.17, 15) is 14.4 Å². The largest absolute Gasteiger partial charge is 0.345 e. The Morgan fingerprint density at radius 3 is 2.48 bits per heavy atom. The first kappa shape index (κ1) is 19.2. The van der Waals surface area contributed by atoms with Crippen molar-refractivity contribution in [2.75, 3.05) is 18.4 Å². The van der Waals surface area contributed by atoms with E-state index >= 15 is 0 Å². The number of hydrogen-bond acceptors (Lipinski definition) is 5. The van der Waals surface area contributed by atoms with Crippen LogP contribution in [0.1, 0.15) is 16.1 Å². The molecule has 7 nitrogen and oxygen atoms in total. The SMILES string of the molecule is Cc1csc(NC(=O)CNC(=O)CNC(=O)c2ccc(Cl)cc2Cl)n1. The lowest BCUT2D eigenvalue weighted by atomic mass is 10.2. The minimum atomic E-state index is -0.514. The van der Waals surface area contributed by atoms with E-state index in [4.69, 9.17) is 23.2 Å². The molecule has 1 aromatic carbocycles. The van der Waals surface area contributed by atoms with E-state index in [0.29, 0.717) is 10.2 Å². The molecular weight excluding hydrogens is 387 g/mol. The van der Waals surface area contributed by atoms with Crippen LogP contribution in [0.3, 0.4) is 0 Å². The van der Waals surface area contributed by atoms with Gasteiger partial charge < -0.3 is 16.0 Å². The third kappa shape index (κ3) is 6.00. The van der Waals surface area contributed by atoms with Crippen LogP contribution in [-0.4, -0.2) is 35.8 Å². The van der Waals surface area contributed by atoms with E-state index in [-0.39, 0.29) is 23.7 Å². The van der Waals surface area contributed by atoms with Crippen molar-refractivity contribution in [2.24, 2.45) is 0 Å². The van der Waals surface area contributed by atoms with Gasteiger partial charge in [0.25, 0.3) is 5.91 Å². The molecule has 132 valence electrons. The van der Waals surface area contributed by atoms with Gasteiger partial charge in [-0.25, -0.2) is 4.98 Å². The Balaban J connectivity index is 1.74. The van der Waals surface area contributed by atoms with Gasteiger partial charge in [-0.05, 0) is 25.1 Å². The zero-order valence-corrected chi connectivity index (χ0v) is 15.4. The van der Waals surface area contributed by atoms with Crippen LogP contribution in [0.2, 0.25) is 10.0 Å². The van der Waals surface area contributed by atoms with Gasteiger partial charge >= 0.3 is 0 Å². The molecule has 1 heterocycles. The summed E-state index contributed by atoms with van der Waals surface area (Å²) >= 11 is 13.0. The van der Waals surface area contributed by atoms with Gasteiger partial charge in [0, 0.05) is 10.4 Å². The van der Waals surface area contributed by atoms with Crippen molar-refractivity contribution in [3.05, 3.63) is 44.9 Å². The van der Waals surface area contributed by atoms with E-state index in [1.165, 1.54) is 29.5 Å². The molecule has 0 spiro atoms. The van der Waals surface area contributed by atoms with E-state index in [0.717, 1.165) is 5.69 Å². The first-order valence-corrected chi connectivity index (χ1v) is 8.70. The van der Waals surface area contributed by atoms with Gasteiger partial charge in [0.2, 0.25) is 11.8 Å².